The molecular formula is C15H23NO2S. The van der Waals surface area contributed by atoms with Crippen LogP contribution in [0.15, 0.2) is 24.3 Å². The number of rotatable bonds is 5. The Labute approximate surface area is 116 Å². The molecule has 0 spiro atoms. The maximum absolute atomic E-state index is 11.2. The molecule has 2 rings (SSSR count). The van der Waals surface area contributed by atoms with Crippen molar-refractivity contribution in [2.45, 2.75) is 26.2 Å². The number of hydrogen-bond donors (Lipinski definition) is 0. The standard InChI is InChI=1S/C15H23NO2S/c1-12(2)14-11-16(9-6-10-19(3,17)18)15-8-5-4-7-13(14)15/h4-5,7-8,12,14H,6,9-11H2,1-3H3. The number of sulfone groups is 1. The molecule has 0 N–H and O–H groups in total. The summed E-state index contributed by atoms with van der Waals surface area (Å²) in [4.78, 5) is 2.34. The summed E-state index contributed by atoms with van der Waals surface area (Å²) in [5.74, 6) is 1.45. The highest BCUT2D eigenvalue weighted by atomic mass is 32.2. The lowest BCUT2D eigenvalue weighted by atomic mass is 9.90. The van der Waals surface area contributed by atoms with E-state index in [9.17, 15) is 8.42 Å². The summed E-state index contributed by atoms with van der Waals surface area (Å²) in [5.41, 5.74) is 2.70. The third-order valence-electron chi connectivity index (χ3n) is 3.84. The molecule has 0 radical (unpaired) electrons. The molecule has 3 nitrogen and oxygen atoms in total. The molecular weight excluding hydrogens is 258 g/mol. The van der Waals surface area contributed by atoms with Gasteiger partial charge in [-0.3, -0.25) is 0 Å². The number of nitrogens with zero attached hydrogens (tertiary/aromatic N) is 1. The van der Waals surface area contributed by atoms with E-state index in [4.69, 9.17) is 0 Å². The summed E-state index contributed by atoms with van der Waals surface area (Å²) in [7, 11) is -2.85. The lowest BCUT2D eigenvalue weighted by molar-refractivity contribution is 0.514. The van der Waals surface area contributed by atoms with Gasteiger partial charge in [0.25, 0.3) is 0 Å². The highest BCUT2D eigenvalue weighted by Gasteiger charge is 2.29. The number of hydrogen-bond acceptors (Lipinski definition) is 3. The molecule has 106 valence electrons. The van der Waals surface area contributed by atoms with Crippen LogP contribution in [0.1, 0.15) is 31.7 Å². The van der Waals surface area contributed by atoms with Gasteiger partial charge in [-0.05, 0) is 24.0 Å². The Bertz CT molecular complexity index is 537. The van der Waals surface area contributed by atoms with E-state index < -0.39 is 9.84 Å². The van der Waals surface area contributed by atoms with Crippen LogP contribution in [0.25, 0.3) is 0 Å². The summed E-state index contributed by atoms with van der Waals surface area (Å²) in [6, 6.07) is 8.51. The molecule has 0 fully saturated rings. The molecule has 0 amide bonds. The molecule has 4 heteroatoms. The van der Waals surface area contributed by atoms with Crippen LogP contribution in [-0.2, 0) is 9.84 Å². The topological polar surface area (TPSA) is 37.4 Å². The predicted octanol–water partition coefficient (Wildman–Crippen LogP) is 2.68. The van der Waals surface area contributed by atoms with Gasteiger partial charge in [-0.1, -0.05) is 32.0 Å². The second kappa shape index (κ2) is 5.53. The molecule has 19 heavy (non-hydrogen) atoms. The fourth-order valence-corrected chi connectivity index (χ4v) is 3.48. The fourth-order valence-electron chi connectivity index (χ4n) is 2.82. The van der Waals surface area contributed by atoms with Gasteiger partial charge >= 0.3 is 0 Å². The van der Waals surface area contributed by atoms with Crippen LogP contribution in [-0.4, -0.2) is 33.5 Å². The summed E-state index contributed by atoms with van der Waals surface area (Å²) < 4.78 is 22.4. The Morgan fingerprint density at radius 2 is 2.00 bits per heavy atom. The van der Waals surface area contributed by atoms with Crippen molar-refractivity contribution in [2.75, 3.05) is 30.0 Å². The van der Waals surface area contributed by atoms with Crippen molar-refractivity contribution in [3.05, 3.63) is 29.8 Å². The maximum atomic E-state index is 11.2. The lowest BCUT2D eigenvalue weighted by Crippen LogP contribution is -2.25. The van der Waals surface area contributed by atoms with Gasteiger partial charge in [0.15, 0.2) is 0 Å². The molecule has 0 aliphatic carbocycles. The molecule has 1 atom stereocenters. The second-order valence-electron chi connectivity index (χ2n) is 5.84. The van der Waals surface area contributed by atoms with Crippen LogP contribution in [0.4, 0.5) is 5.69 Å². The van der Waals surface area contributed by atoms with Gasteiger partial charge in [0.1, 0.15) is 9.84 Å². The van der Waals surface area contributed by atoms with Gasteiger partial charge in [-0.15, -0.1) is 0 Å². The lowest BCUT2D eigenvalue weighted by Gasteiger charge is -2.20. The van der Waals surface area contributed by atoms with Crippen LogP contribution in [0.2, 0.25) is 0 Å². The Morgan fingerprint density at radius 3 is 2.63 bits per heavy atom. The Kier molecular flexibility index (Phi) is 4.19. The third-order valence-corrected chi connectivity index (χ3v) is 4.87. The predicted molar refractivity (Wildman–Crippen MR) is 80.6 cm³/mol. The first-order chi connectivity index (χ1) is 8.88. The summed E-state index contributed by atoms with van der Waals surface area (Å²) in [6.45, 7) is 6.34. The Hall–Kier alpha value is -1.03. The zero-order chi connectivity index (χ0) is 14.0. The largest absolute Gasteiger partial charge is 0.371 e. The van der Waals surface area contributed by atoms with Crippen LogP contribution in [0, 0.1) is 5.92 Å². The molecule has 1 aromatic carbocycles. The smallest absolute Gasteiger partial charge is 0.147 e. The third kappa shape index (κ3) is 3.50. The van der Waals surface area contributed by atoms with E-state index in [-0.39, 0.29) is 5.75 Å². The molecule has 0 bridgehead atoms. The average molecular weight is 281 g/mol. The van der Waals surface area contributed by atoms with Crippen molar-refractivity contribution in [1.82, 2.24) is 0 Å². The Balaban J connectivity index is 2.08. The van der Waals surface area contributed by atoms with E-state index in [1.807, 2.05) is 0 Å². The summed E-state index contributed by atoms with van der Waals surface area (Å²) >= 11 is 0. The molecule has 0 saturated carbocycles. The van der Waals surface area contributed by atoms with Crippen LogP contribution < -0.4 is 4.90 Å². The zero-order valence-electron chi connectivity index (χ0n) is 12.0. The maximum Gasteiger partial charge on any atom is 0.147 e. The molecule has 1 heterocycles. The molecule has 0 aromatic heterocycles. The number of benzene rings is 1. The fraction of sp³-hybridized carbons (Fsp3) is 0.600. The van der Waals surface area contributed by atoms with Crippen molar-refractivity contribution in [3.8, 4) is 0 Å². The molecule has 1 unspecified atom stereocenters. The van der Waals surface area contributed by atoms with E-state index in [1.165, 1.54) is 17.5 Å². The van der Waals surface area contributed by atoms with E-state index in [0.29, 0.717) is 18.3 Å². The van der Waals surface area contributed by atoms with Crippen molar-refractivity contribution in [2.24, 2.45) is 5.92 Å². The first kappa shape index (κ1) is 14.4. The van der Waals surface area contributed by atoms with E-state index in [0.717, 1.165) is 13.1 Å². The van der Waals surface area contributed by atoms with Gasteiger partial charge in [0, 0.05) is 31.0 Å². The van der Waals surface area contributed by atoms with Crippen molar-refractivity contribution in [3.63, 3.8) is 0 Å². The monoisotopic (exact) mass is 281 g/mol. The van der Waals surface area contributed by atoms with Crippen LogP contribution in [0.3, 0.4) is 0 Å². The average Bonchev–Trinajstić information content (AvgIpc) is 2.67. The zero-order valence-corrected chi connectivity index (χ0v) is 12.8. The molecule has 1 aliphatic rings. The summed E-state index contributed by atoms with van der Waals surface area (Å²) in [6.07, 6.45) is 2.01. The van der Waals surface area contributed by atoms with E-state index in [1.54, 1.807) is 0 Å². The van der Waals surface area contributed by atoms with E-state index in [2.05, 4.69) is 43.0 Å². The Morgan fingerprint density at radius 1 is 1.32 bits per heavy atom. The first-order valence-corrected chi connectivity index (χ1v) is 8.96. The number of para-hydroxylation sites is 1. The van der Waals surface area contributed by atoms with Gasteiger partial charge < -0.3 is 4.90 Å². The minimum atomic E-state index is -2.85. The van der Waals surface area contributed by atoms with Gasteiger partial charge in [-0.2, -0.15) is 0 Å². The van der Waals surface area contributed by atoms with Crippen LogP contribution >= 0.6 is 0 Å². The van der Waals surface area contributed by atoms with Crippen molar-refractivity contribution < 1.29 is 8.42 Å². The van der Waals surface area contributed by atoms with E-state index >= 15 is 0 Å². The first-order valence-electron chi connectivity index (χ1n) is 6.90. The van der Waals surface area contributed by atoms with Gasteiger partial charge in [0.05, 0.1) is 5.75 Å². The number of anilines is 1. The minimum Gasteiger partial charge on any atom is -0.371 e. The SMILES string of the molecule is CC(C)C1CN(CCCS(C)(=O)=O)c2ccccc21. The second-order valence-corrected chi connectivity index (χ2v) is 8.10. The van der Waals surface area contributed by atoms with Crippen LogP contribution in [0.5, 0.6) is 0 Å². The van der Waals surface area contributed by atoms with Crippen molar-refractivity contribution >= 4 is 15.5 Å². The molecule has 0 saturated heterocycles. The quantitative estimate of drug-likeness (QED) is 0.832. The molecule has 1 aliphatic heterocycles. The van der Waals surface area contributed by atoms with Gasteiger partial charge in [-0.25, -0.2) is 8.42 Å². The van der Waals surface area contributed by atoms with Crippen molar-refractivity contribution in [1.29, 1.82) is 0 Å². The summed E-state index contributed by atoms with van der Waals surface area (Å²) in [5, 5.41) is 0. The number of fused-ring (bicyclic) bond motifs is 1. The highest BCUT2D eigenvalue weighted by molar-refractivity contribution is 7.90. The minimum absolute atomic E-state index is 0.276. The van der Waals surface area contributed by atoms with Gasteiger partial charge in [0.2, 0.25) is 0 Å². The molecule has 1 aromatic rings. The normalized spacial score (nSPS) is 18.9. The highest BCUT2D eigenvalue weighted by Crippen LogP contribution is 2.39.